The summed E-state index contributed by atoms with van der Waals surface area (Å²) >= 11 is 0. The summed E-state index contributed by atoms with van der Waals surface area (Å²) in [6.07, 6.45) is 2.08. The van der Waals surface area contributed by atoms with E-state index < -0.39 is 29.5 Å². The van der Waals surface area contributed by atoms with Crippen LogP contribution in [0.1, 0.15) is 20.7 Å². The van der Waals surface area contributed by atoms with E-state index >= 15 is 0 Å². The highest BCUT2D eigenvalue weighted by Gasteiger charge is 2.32. The average molecular weight is 298 g/mol. The summed E-state index contributed by atoms with van der Waals surface area (Å²) in [7, 11) is 0. The molecule has 0 fully saturated rings. The molecule has 3 N–H and O–H groups in total. The number of carbonyl (C=O) groups is 2. The van der Waals surface area contributed by atoms with Gasteiger partial charge in [0.15, 0.2) is 5.76 Å². The third-order valence-corrected chi connectivity index (χ3v) is 2.48. The van der Waals surface area contributed by atoms with Crippen LogP contribution in [0, 0.1) is 5.82 Å². The minimum atomic E-state index is -2.89. The van der Waals surface area contributed by atoms with Crippen LogP contribution < -0.4 is 5.43 Å². The van der Waals surface area contributed by atoms with Gasteiger partial charge in [-0.1, -0.05) is 6.07 Å². The lowest BCUT2D eigenvalue weighted by Gasteiger charge is -2.18. The van der Waals surface area contributed by atoms with Crippen molar-refractivity contribution < 1.29 is 33.3 Å². The second kappa shape index (κ2) is 5.29. The number of hydrogen-bond acceptors (Lipinski definition) is 7. The van der Waals surface area contributed by atoms with Crippen molar-refractivity contribution in [3.63, 3.8) is 0 Å². The smallest absolute Gasteiger partial charge is 0.359 e. The Morgan fingerprint density at radius 1 is 1.29 bits per heavy atom. The topological polar surface area (TPSA) is 108 Å². The number of aliphatic hydroxyl groups is 2. The van der Waals surface area contributed by atoms with E-state index in [1.165, 1.54) is 12.1 Å². The zero-order chi connectivity index (χ0) is 15.6. The first-order valence-corrected chi connectivity index (χ1v) is 5.49. The third-order valence-electron chi connectivity index (χ3n) is 2.48. The number of hydrogen-bond donors (Lipinski definition) is 3. The Morgan fingerprint density at radius 3 is 2.52 bits per heavy atom. The summed E-state index contributed by atoms with van der Waals surface area (Å²) in [6.45, 7) is 0. The number of ether oxygens (including phenoxy) is 1. The molecule has 3 rings (SSSR count). The molecule has 0 aromatic heterocycles. The molecule has 110 valence electrons. The van der Waals surface area contributed by atoms with Gasteiger partial charge in [-0.2, -0.15) is 9.49 Å². The number of nitrogens with one attached hydrogen (secondary N) is 1. The summed E-state index contributed by atoms with van der Waals surface area (Å²) < 4.78 is 29.3. The van der Waals surface area contributed by atoms with Gasteiger partial charge in [0, 0.05) is 6.08 Å². The van der Waals surface area contributed by atoms with Gasteiger partial charge in [-0.15, -0.1) is 0 Å². The maximum absolute atomic E-state index is 12.9. The van der Waals surface area contributed by atoms with E-state index in [-0.39, 0.29) is 11.1 Å². The number of allylic oxidation sites excluding steroid dienone is 1. The minimum Gasteiger partial charge on any atom is -0.505 e. The number of esters is 2. The highest BCUT2D eigenvalue weighted by molar-refractivity contribution is 6.14. The molecule has 0 amide bonds. The Labute approximate surface area is 116 Å². The van der Waals surface area contributed by atoms with E-state index in [0.717, 1.165) is 18.4 Å². The fourth-order valence-electron chi connectivity index (χ4n) is 1.49. The molecular weight excluding hydrogens is 290 g/mol. The van der Waals surface area contributed by atoms with E-state index in [9.17, 15) is 18.4 Å². The van der Waals surface area contributed by atoms with Crippen LogP contribution in [0.5, 0.6) is 0 Å². The number of nitrogens with zero attached hydrogens (tertiary/aromatic N) is 1. The van der Waals surface area contributed by atoms with Crippen molar-refractivity contribution >= 4 is 18.2 Å². The molecule has 0 saturated heterocycles. The Morgan fingerprint density at radius 2 is 2.00 bits per heavy atom. The van der Waals surface area contributed by atoms with Gasteiger partial charge in [0.1, 0.15) is 11.4 Å². The van der Waals surface area contributed by atoms with Crippen molar-refractivity contribution in [2.75, 3.05) is 0 Å². The normalized spacial score (nSPS) is 22.5. The number of benzene rings is 1. The number of cyclic esters (lactones) is 2. The van der Waals surface area contributed by atoms with E-state index in [2.05, 4.69) is 9.84 Å². The molecule has 0 spiro atoms. The van der Waals surface area contributed by atoms with Gasteiger partial charge in [0.2, 0.25) is 0 Å². The SMILES string of the molecule is O=C1OC(=O)c2c(F)cccc21.OC1=CC=NNC1(O)F. The zero-order valence-electron chi connectivity index (χ0n) is 10.2. The van der Waals surface area contributed by atoms with Gasteiger partial charge in [0.25, 0.3) is 0 Å². The molecule has 9 heteroatoms. The van der Waals surface area contributed by atoms with Crippen LogP contribution >= 0.6 is 0 Å². The number of alkyl halides is 1. The molecule has 1 aromatic rings. The average Bonchev–Trinajstić information content (AvgIpc) is 2.71. The third kappa shape index (κ3) is 2.87. The Hall–Kier alpha value is -2.81. The van der Waals surface area contributed by atoms with Crippen LogP contribution in [0.2, 0.25) is 0 Å². The molecule has 0 saturated carbocycles. The van der Waals surface area contributed by atoms with E-state index in [1.54, 1.807) is 5.43 Å². The van der Waals surface area contributed by atoms with Crippen molar-refractivity contribution in [2.24, 2.45) is 5.10 Å². The van der Waals surface area contributed by atoms with Gasteiger partial charge in [0.05, 0.1) is 11.8 Å². The lowest BCUT2D eigenvalue weighted by Crippen LogP contribution is -2.41. The molecule has 0 radical (unpaired) electrons. The molecule has 2 aliphatic heterocycles. The molecule has 1 unspecified atom stereocenters. The largest absolute Gasteiger partial charge is 0.505 e. The van der Waals surface area contributed by atoms with E-state index in [0.29, 0.717) is 0 Å². The molecule has 1 aromatic carbocycles. The van der Waals surface area contributed by atoms with Crippen LogP contribution in [0.4, 0.5) is 8.78 Å². The Kier molecular flexibility index (Phi) is 3.68. The Bertz CT molecular complexity index is 670. The molecular formula is C12H8F2N2O5. The lowest BCUT2D eigenvalue weighted by atomic mass is 10.1. The fourth-order valence-corrected chi connectivity index (χ4v) is 1.49. The zero-order valence-corrected chi connectivity index (χ0v) is 10.2. The standard InChI is InChI=1S/C8H3FO3.C4H5FN2O2/c9-5-3-1-2-4-6(5)8(11)12-7(4)10;5-4(9)3(8)1-2-6-7-4/h1-3H;1-2,7-9H. The molecule has 2 aliphatic rings. The van der Waals surface area contributed by atoms with Crippen LogP contribution in [-0.4, -0.2) is 34.3 Å². The lowest BCUT2D eigenvalue weighted by molar-refractivity contribution is -0.111. The van der Waals surface area contributed by atoms with Gasteiger partial charge < -0.3 is 14.9 Å². The maximum atomic E-state index is 12.9. The number of carbonyl (C=O) groups excluding carboxylic acids is 2. The fraction of sp³-hybridized carbons (Fsp3) is 0.0833. The number of hydrazone groups is 1. The van der Waals surface area contributed by atoms with Crippen LogP contribution in [-0.2, 0) is 4.74 Å². The van der Waals surface area contributed by atoms with Gasteiger partial charge in [-0.25, -0.2) is 19.4 Å². The van der Waals surface area contributed by atoms with Crippen molar-refractivity contribution in [3.8, 4) is 0 Å². The van der Waals surface area contributed by atoms with E-state index in [1.807, 2.05) is 0 Å². The summed E-state index contributed by atoms with van der Waals surface area (Å²) in [6, 6.07) is 3.82. The van der Waals surface area contributed by atoms with Crippen LogP contribution in [0.15, 0.2) is 35.1 Å². The molecule has 7 nitrogen and oxygen atoms in total. The first-order valence-electron chi connectivity index (χ1n) is 5.49. The summed E-state index contributed by atoms with van der Waals surface area (Å²) in [5.41, 5.74) is 1.39. The first-order chi connectivity index (χ1) is 9.83. The summed E-state index contributed by atoms with van der Waals surface area (Å²) in [5, 5.41) is 20.1. The minimum absolute atomic E-state index is 0.000000000000000444. The second-order valence-electron chi connectivity index (χ2n) is 3.90. The first kappa shape index (κ1) is 14.6. The van der Waals surface area contributed by atoms with Crippen molar-refractivity contribution in [1.29, 1.82) is 0 Å². The predicted molar refractivity (Wildman–Crippen MR) is 64.5 cm³/mol. The summed E-state index contributed by atoms with van der Waals surface area (Å²) in [4.78, 5) is 21.6. The number of rotatable bonds is 0. The van der Waals surface area contributed by atoms with Crippen LogP contribution in [0.3, 0.4) is 0 Å². The molecule has 0 aliphatic carbocycles. The maximum Gasteiger partial charge on any atom is 0.359 e. The van der Waals surface area contributed by atoms with Gasteiger partial charge in [-0.3, -0.25) is 0 Å². The van der Waals surface area contributed by atoms with Crippen molar-refractivity contribution in [3.05, 3.63) is 47.0 Å². The number of fused-ring (bicyclic) bond motifs is 1. The number of aliphatic hydroxyl groups excluding tert-OH is 1. The molecule has 21 heavy (non-hydrogen) atoms. The van der Waals surface area contributed by atoms with E-state index in [4.69, 9.17) is 10.2 Å². The van der Waals surface area contributed by atoms with Crippen molar-refractivity contribution in [1.82, 2.24) is 5.43 Å². The van der Waals surface area contributed by atoms with Crippen LogP contribution in [0.25, 0.3) is 0 Å². The van der Waals surface area contributed by atoms with Crippen molar-refractivity contribution in [2.45, 2.75) is 5.98 Å². The summed E-state index contributed by atoms with van der Waals surface area (Å²) in [5.74, 6) is -6.10. The molecule has 1 atom stereocenters. The molecule has 0 bridgehead atoms. The molecule has 2 heterocycles. The highest BCUT2D eigenvalue weighted by Crippen LogP contribution is 2.21. The van der Waals surface area contributed by atoms with Gasteiger partial charge >= 0.3 is 17.9 Å². The predicted octanol–water partition coefficient (Wildman–Crippen LogP) is 0.769. The quantitative estimate of drug-likeness (QED) is 0.371. The monoisotopic (exact) mass is 298 g/mol. The number of halogens is 2. The van der Waals surface area contributed by atoms with Gasteiger partial charge in [-0.05, 0) is 12.1 Å². The second-order valence-corrected chi connectivity index (χ2v) is 3.90. The Balaban J connectivity index is 0.000000161. The highest BCUT2D eigenvalue weighted by atomic mass is 19.2.